The van der Waals surface area contributed by atoms with Gasteiger partial charge in [-0.1, -0.05) is 17.7 Å². The highest BCUT2D eigenvalue weighted by Crippen LogP contribution is 2.09. The van der Waals surface area contributed by atoms with Crippen molar-refractivity contribution in [3.05, 3.63) is 35.4 Å². The van der Waals surface area contributed by atoms with E-state index in [1.165, 1.54) is 0 Å². The van der Waals surface area contributed by atoms with Crippen molar-refractivity contribution in [1.29, 1.82) is 0 Å². The van der Waals surface area contributed by atoms with Crippen LogP contribution in [0.3, 0.4) is 0 Å². The Morgan fingerprint density at radius 2 is 2.19 bits per heavy atom. The quantitative estimate of drug-likeness (QED) is 0.816. The molecule has 1 rings (SSSR count). The molecule has 0 heterocycles. The maximum Gasteiger partial charge on any atom is 0.277 e. The lowest BCUT2D eigenvalue weighted by Gasteiger charge is -2.14. The third kappa shape index (κ3) is 3.58. The minimum absolute atomic E-state index is 0.368. The number of hydrogen-bond acceptors (Lipinski definition) is 2. The van der Waals surface area contributed by atoms with Gasteiger partial charge in [0.1, 0.15) is 0 Å². The molecule has 3 nitrogen and oxygen atoms in total. The van der Waals surface area contributed by atoms with Crippen LogP contribution in [0.1, 0.15) is 15.9 Å². The van der Waals surface area contributed by atoms with Crippen molar-refractivity contribution >= 4 is 5.91 Å². The van der Waals surface area contributed by atoms with E-state index in [9.17, 15) is 13.6 Å². The van der Waals surface area contributed by atoms with E-state index in [1.54, 1.807) is 18.2 Å². The molecule has 88 valence electrons. The summed E-state index contributed by atoms with van der Waals surface area (Å²) in [5.74, 6) is -3.57. The fourth-order valence-corrected chi connectivity index (χ4v) is 1.17. The van der Waals surface area contributed by atoms with E-state index in [0.29, 0.717) is 5.56 Å². The molecule has 5 heteroatoms. The molecule has 0 bridgehead atoms. The first kappa shape index (κ1) is 12.6. The van der Waals surface area contributed by atoms with Gasteiger partial charge in [0.25, 0.3) is 11.8 Å². The summed E-state index contributed by atoms with van der Waals surface area (Å²) in [5.41, 5.74) is 6.12. The fraction of sp³-hybridized carbons (Fsp3) is 0.364. The Labute approximate surface area is 92.6 Å². The monoisotopic (exact) mass is 228 g/mol. The van der Waals surface area contributed by atoms with Crippen LogP contribution in [0.15, 0.2) is 24.3 Å². The summed E-state index contributed by atoms with van der Waals surface area (Å²) in [6.45, 7) is 0.308. The molecule has 16 heavy (non-hydrogen) atoms. The SMILES string of the molecule is Cc1cccc(C(=O)NCC(F)(F)CN)c1. The topological polar surface area (TPSA) is 55.1 Å². The van der Waals surface area contributed by atoms with Gasteiger partial charge in [0.2, 0.25) is 0 Å². The van der Waals surface area contributed by atoms with E-state index in [-0.39, 0.29) is 0 Å². The highest BCUT2D eigenvalue weighted by atomic mass is 19.3. The molecule has 0 unspecified atom stereocenters. The van der Waals surface area contributed by atoms with Crippen LogP contribution in [0.5, 0.6) is 0 Å². The average molecular weight is 228 g/mol. The number of benzene rings is 1. The van der Waals surface area contributed by atoms with Gasteiger partial charge in [0, 0.05) is 5.56 Å². The molecule has 0 saturated heterocycles. The summed E-state index contributed by atoms with van der Waals surface area (Å²) >= 11 is 0. The number of carbonyl (C=O) groups excluding carboxylic acids is 1. The predicted octanol–water partition coefficient (Wildman–Crippen LogP) is 1.32. The van der Waals surface area contributed by atoms with Crippen molar-refractivity contribution < 1.29 is 13.6 Å². The molecule has 0 aromatic heterocycles. The molecule has 1 amide bonds. The van der Waals surface area contributed by atoms with Gasteiger partial charge in [-0.05, 0) is 19.1 Å². The third-order valence-electron chi connectivity index (χ3n) is 2.09. The molecule has 0 aliphatic carbocycles. The van der Waals surface area contributed by atoms with E-state index >= 15 is 0 Å². The lowest BCUT2D eigenvalue weighted by Crippen LogP contribution is -2.41. The molecule has 0 radical (unpaired) electrons. The first-order chi connectivity index (χ1) is 7.44. The van der Waals surface area contributed by atoms with Crippen LogP contribution in [-0.4, -0.2) is 24.9 Å². The number of halogens is 2. The maximum atomic E-state index is 12.8. The molecule has 0 atom stereocenters. The average Bonchev–Trinajstić information content (AvgIpc) is 2.26. The first-order valence-corrected chi connectivity index (χ1v) is 4.87. The Morgan fingerprint density at radius 3 is 2.75 bits per heavy atom. The molecular weight excluding hydrogens is 214 g/mol. The van der Waals surface area contributed by atoms with Crippen molar-refractivity contribution in [2.24, 2.45) is 5.73 Å². The second kappa shape index (κ2) is 5.03. The van der Waals surface area contributed by atoms with Gasteiger partial charge in [-0.15, -0.1) is 0 Å². The molecule has 3 N–H and O–H groups in total. The van der Waals surface area contributed by atoms with Gasteiger partial charge >= 0.3 is 0 Å². The van der Waals surface area contributed by atoms with Gasteiger partial charge in [-0.3, -0.25) is 4.79 Å². The first-order valence-electron chi connectivity index (χ1n) is 4.87. The van der Waals surface area contributed by atoms with Crippen molar-refractivity contribution in [3.63, 3.8) is 0 Å². The third-order valence-corrected chi connectivity index (χ3v) is 2.09. The van der Waals surface area contributed by atoms with E-state index < -0.39 is 24.9 Å². The zero-order valence-electron chi connectivity index (χ0n) is 8.97. The van der Waals surface area contributed by atoms with Crippen molar-refractivity contribution in [3.8, 4) is 0 Å². The van der Waals surface area contributed by atoms with E-state index in [2.05, 4.69) is 5.32 Å². The molecule has 0 fully saturated rings. The van der Waals surface area contributed by atoms with Gasteiger partial charge in [0.15, 0.2) is 0 Å². The Kier molecular flexibility index (Phi) is 3.95. The number of aryl methyl sites for hydroxylation is 1. The number of nitrogens with one attached hydrogen (secondary N) is 1. The molecule has 0 saturated carbocycles. The number of alkyl halides is 2. The number of amides is 1. The summed E-state index contributed by atoms with van der Waals surface area (Å²) in [4.78, 5) is 11.5. The fourth-order valence-electron chi connectivity index (χ4n) is 1.17. The highest BCUT2D eigenvalue weighted by molar-refractivity contribution is 5.94. The molecule has 1 aromatic carbocycles. The Morgan fingerprint density at radius 1 is 1.50 bits per heavy atom. The van der Waals surface area contributed by atoms with Gasteiger partial charge in [-0.2, -0.15) is 0 Å². The summed E-state index contributed by atoms with van der Waals surface area (Å²) in [7, 11) is 0. The standard InChI is InChI=1S/C11H14F2N2O/c1-8-3-2-4-9(5-8)10(16)15-7-11(12,13)6-14/h2-5H,6-7,14H2,1H3,(H,15,16). The van der Waals surface area contributed by atoms with Crippen LogP contribution < -0.4 is 11.1 Å². The van der Waals surface area contributed by atoms with Gasteiger partial charge < -0.3 is 11.1 Å². The van der Waals surface area contributed by atoms with Crippen molar-refractivity contribution in [2.45, 2.75) is 12.8 Å². The van der Waals surface area contributed by atoms with E-state index in [4.69, 9.17) is 5.73 Å². The van der Waals surface area contributed by atoms with Crippen LogP contribution in [0.2, 0.25) is 0 Å². The smallest absolute Gasteiger partial charge is 0.277 e. The minimum Gasteiger partial charge on any atom is -0.346 e. The summed E-state index contributed by atoms with van der Waals surface area (Å²) in [5, 5.41) is 2.15. The summed E-state index contributed by atoms with van der Waals surface area (Å²) in [6, 6.07) is 6.73. The van der Waals surface area contributed by atoms with Crippen LogP contribution in [0.4, 0.5) is 8.78 Å². The lowest BCUT2D eigenvalue weighted by atomic mass is 10.1. The van der Waals surface area contributed by atoms with Crippen LogP contribution >= 0.6 is 0 Å². The number of hydrogen-bond donors (Lipinski definition) is 2. The largest absolute Gasteiger partial charge is 0.346 e. The molecule has 0 spiro atoms. The molecule has 1 aromatic rings. The molecular formula is C11H14F2N2O. The Balaban J connectivity index is 2.60. The molecule has 0 aliphatic heterocycles. The second-order valence-corrected chi connectivity index (χ2v) is 3.61. The minimum atomic E-state index is -3.06. The van der Waals surface area contributed by atoms with Gasteiger partial charge in [-0.25, -0.2) is 8.78 Å². The Bertz CT molecular complexity index is 380. The van der Waals surface area contributed by atoms with Crippen molar-refractivity contribution in [1.82, 2.24) is 5.32 Å². The lowest BCUT2D eigenvalue weighted by molar-refractivity contribution is 0.0118. The number of carbonyl (C=O) groups is 1. The molecule has 0 aliphatic rings. The number of rotatable bonds is 4. The van der Waals surface area contributed by atoms with Crippen LogP contribution in [0, 0.1) is 6.92 Å². The highest BCUT2D eigenvalue weighted by Gasteiger charge is 2.27. The normalized spacial score (nSPS) is 11.2. The zero-order valence-corrected chi connectivity index (χ0v) is 8.97. The maximum absolute atomic E-state index is 12.8. The number of nitrogens with two attached hydrogens (primary N) is 1. The zero-order chi connectivity index (χ0) is 12.2. The second-order valence-electron chi connectivity index (χ2n) is 3.61. The predicted molar refractivity (Wildman–Crippen MR) is 57.5 cm³/mol. The summed E-state index contributed by atoms with van der Waals surface area (Å²) < 4.78 is 25.5. The Hall–Kier alpha value is -1.49. The van der Waals surface area contributed by atoms with E-state index in [1.807, 2.05) is 13.0 Å². The van der Waals surface area contributed by atoms with Crippen LogP contribution in [0.25, 0.3) is 0 Å². The van der Waals surface area contributed by atoms with E-state index in [0.717, 1.165) is 5.56 Å². The van der Waals surface area contributed by atoms with Gasteiger partial charge in [0.05, 0.1) is 13.1 Å². The summed E-state index contributed by atoms with van der Waals surface area (Å²) in [6.07, 6.45) is 0. The van der Waals surface area contributed by atoms with Crippen LogP contribution in [-0.2, 0) is 0 Å². The van der Waals surface area contributed by atoms with Crippen molar-refractivity contribution in [2.75, 3.05) is 13.1 Å².